The number of methoxy groups -OCH3 is 1. The number of fused-ring (bicyclic) bond motifs is 13. The molecular weight excluding hydrogens is 440 g/mol. The van der Waals surface area contributed by atoms with Gasteiger partial charge in [0.15, 0.2) is 5.72 Å². The second kappa shape index (κ2) is 6.43. The number of para-hydroxylation sites is 2. The van der Waals surface area contributed by atoms with Gasteiger partial charge in [-0.25, -0.2) is 0 Å². The van der Waals surface area contributed by atoms with E-state index in [9.17, 15) is 4.79 Å². The second-order valence-electron chi connectivity index (χ2n) is 10.1. The van der Waals surface area contributed by atoms with Gasteiger partial charge in [-0.15, -0.1) is 0 Å². The number of hydrogen-bond donors (Lipinski definition) is 2. The Bertz CT molecular complexity index is 1750. The fraction of sp³-hybridized carbons (Fsp3) is 0.321. The molecule has 2 bridgehead atoms. The molecule has 3 aromatic carbocycles. The molecule has 1 amide bonds. The van der Waals surface area contributed by atoms with Gasteiger partial charge >= 0.3 is 0 Å². The first-order valence-corrected chi connectivity index (χ1v) is 12.3. The third-order valence-corrected chi connectivity index (χ3v) is 8.60. The predicted molar refractivity (Wildman–Crippen MR) is 136 cm³/mol. The number of hydrogen-bond acceptors (Lipinski definition) is 4. The number of ether oxygens (including phenoxy) is 2. The van der Waals surface area contributed by atoms with E-state index in [0.29, 0.717) is 6.54 Å². The van der Waals surface area contributed by atoms with Crippen LogP contribution >= 0.6 is 0 Å². The van der Waals surface area contributed by atoms with Gasteiger partial charge in [0, 0.05) is 47.7 Å². The van der Waals surface area contributed by atoms with Crippen molar-refractivity contribution in [2.24, 2.45) is 0 Å². The maximum absolute atomic E-state index is 13.3. The van der Waals surface area contributed by atoms with E-state index in [1.807, 2.05) is 7.05 Å². The topological polar surface area (TPSA) is 69.5 Å². The van der Waals surface area contributed by atoms with Crippen LogP contribution in [-0.2, 0) is 21.7 Å². The highest BCUT2D eigenvalue weighted by Gasteiger charge is 2.53. The van der Waals surface area contributed by atoms with Crippen molar-refractivity contribution >= 4 is 49.5 Å². The quantitative estimate of drug-likeness (QED) is 0.406. The monoisotopic (exact) mass is 466 g/mol. The zero-order valence-electron chi connectivity index (χ0n) is 19.9. The molecule has 1 saturated heterocycles. The summed E-state index contributed by atoms with van der Waals surface area (Å²) in [6.45, 7) is 2.68. The Morgan fingerprint density at radius 1 is 1.06 bits per heavy atom. The summed E-state index contributed by atoms with van der Waals surface area (Å²) in [5.74, 6) is 0.00357. The third-order valence-electron chi connectivity index (χ3n) is 8.60. The zero-order chi connectivity index (χ0) is 23.6. The Morgan fingerprint density at radius 2 is 1.77 bits per heavy atom. The van der Waals surface area contributed by atoms with Gasteiger partial charge in [0.05, 0.1) is 27.6 Å². The van der Waals surface area contributed by atoms with Crippen molar-refractivity contribution in [1.29, 1.82) is 0 Å². The zero-order valence-corrected chi connectivity index (χ0v) is 19.9. The maximum Gasteiger partial charge on any atom is 0.252 e. The van der Waals surface area contributed by atoms with E-state index in [1.54, 1.807) is 7.11 Å². The lowest BCUT2D eigenvalue weighted by molar-refractivity contribution is -0.256. The van der Waals surface area contributed by atoms with Crippen molar-refractivity contribution in [2.45, 2.75) is 44.0 Å². The van der Waals surface area contributed by atoms with Gasteiger partial charge in [-0.05, 0) is 31.7 Å². The van der Waals surface area contributed by atoms with Crippen LogP contribution in [0.4, 0.5) is 0 Å². The summed E-state index contributed by atoms with van der Waals surface area (Å²) >= 11 is 0. The molecule has 8 rings (SSSR count). The number of carbonyl (C=O) groups is 1. The van der Waals surface area contributed by atoms with Crippen molar-refractivity contribution in [2.75, 3.05) is 14.2 Å². The normalized spacial score (nSPS) is 27.3. The van der Waals surface area contributed by atoms with E-state index in [0.717, 1.165) is 61.2 Å². The molecule has 3 unspecified atom stereocenters. The van der Waals surface area contributed by atoms with E-state index in [2.05, 4.69) is 75.2 Å². The number of amides is 1. The van der Waals surface area contributed by atoms with Crippen LogP contribution in [0.1, 0.15) is 35.5 Å². The first-order chi connectivity index (χ1) is 17.1. The Hall–Kier alpha value is -3.39. The second-order valence-corrected chi connectivity index (χ2v) is 10.1. The highest BCUT2D eigenvalue weighted by atomic mass is 16.6. The average Bonchev–Trinajstić information content (AvgIpc) is 3.51. The molecule has 0 saturated carbocycles. The van der Waals surface area contributed by atoms with Crippen molar-refractivity contribution in [3.05, 3.63) is 59.7 Å². The summed E-state index contributed by atoms with van der Waals surface area (Å²) in [6, 6.07) is 17.0. The van der Waals surface area contributed by atoms with Crippen molar-refractivity contribution < 1.29 is 14.3 Å². The molecule has 2 N–H and O–H groups in total. The lowest BCUT2D eigenvalue weighted by Crippen LogP contribution is -2.59. The van der Waals surface area contributed by atoms with Crippen LogP contribution in [0.3, 0.4) is 0 Å². The summed E-state index contributed by atoms with van der Waals surface area (Å²) in [5.41, 5.74) is 5.51. The molecule has 2 aromatic heterocycles. The van der Waals surface area contributed by atoms with E-state index in [-0.39, 0.29) is 24.3 Å². The fourth-order valence-electron chi connectivity index (χ4n) is 7.33. The molecule has 5 heterocycles. The van der Waals surface area contributed by atoms with Crippen molar-refractivity contribution in [3.8, 4) is 0 Å². The number of rotatable bonds is 2. The molecule has 7 nitrogen and oxygen atoms in total. The van der Waals surface area contributed by atoms with E-state index in [4.69, 9.17) is 9.47 Å². The average molecular weight is 467 g/mol. The van der Waals surface area contributed by atoms with Crippen LogP contribution < -0.4 is 10.6 Å². The molecule has 3 aliphatic rings. The largest absolute Gasteiger partial charge is 0.375 e. The Labute approximate surface area is 201 Å². The summed E-state index contributed by atoms with van der Waals surface area (Å²) in [4.78, 5) is 13.3. The molecule has 5 aromatic rings. The SMILES string of the molecule is CNC1CC2O[C@@](C)(C1OC)n1c3ccccc3c3c4c(c5c6ccccc6n2c5c31)C(=O)NC4. The molecule has 35 heavy (non-hydrogen) atoms. The molecule has 7 heteroatoms. The molecule has 3 aliphatic heterocycles. The summed E-state index contributed by atoms with van der Waals surface area (Å²) < 4.78 is 18.0. The minimum Gasteiger partial charge on any atom is -0.375 e. The lowest BCUT2D eigenvalue weighted by Gasteiger charge is -2.48. The van der Waals surface area contributed by atoms with Gasteiger partial charge in [0.2, 0.25) is 0 Å². The van der Waals surface area contributed by atoms with Gasteiger partial charge in [0.1, 0.15) is 12.3 Å². The third kappa shape index (κ3) is 2.12. The first kappa shape index (κ1) is 19.9. The van der Waals surface area contributed by atoms with Gasteiger partial charge in [-0.1, -0.05) is 36.4 Å². The fourth-order valence-corrected chi connectivity index (χ4v) is 7.33. The number of aromatic nitrogens is 2. The van der Waals surface area contributed by atoms with Crippen LogP contribution in [0.15, 0.2) is 48.5 Å². The summed E-state index contributed by atoms with van der Waals surface area (Å²) in [7, 11) is 3.77. The van der Waals surface area contributed by atoms with Crippen LogP contribution in [0.2, 0.25) is 0 Å². The van der Waals surface area contributed by atoms with E-state index >= 15 is 0 Å². The van der Waals surface area contributed by atoms with Crippen LogP contribution in [0.25, 0.3) is 43.6 Å². The Morgan fingerprint density at radius 3 is 2.51 bits per heavy atom. The number of carbonyl (C=O) groups excluding carboxylic acids is 1. The lowest BCUT2D eigenvalue weighted by atomic mass is 9.93. The first-order valence-electron chi connectivity index (χ1n) is 12.3. The highest BCUT2D eigenvalue weighted by Crippen LogP contribution is 2.53. The highest BCUT2D eigenvalue weighted by molar-refractivity contribution is 6.31. The van der Waals surface area contributed by atoms with Gasteiger partial charge in [-0.3, -0.25) is 4.79 Å². The molecule has 176 valence electrons. The molecular formula is C28H26N4O3. The molecule has 1 fully saturated rings. The van der Waals surface area contributed by atoms with Gasteiger partial charge in [-0.2, -0.15) is 0 Å². The van der Waals surface area contributed by atoms with E-state index < -0.39 is 5.72 Å². The minimum absolute atomic E-state index is 0.00357. The molecule has 0 spiro atoms. The molecule has 0 aliphatic carbocycles. The number of nitrogens with one attached hydrogen (secondary N) is 2. The van der Waals surface area contributed by atoms with Gasteiger partial charge < -0.3 is 29.2 Å². The van der Waals surface area contributed by atoms with Crippen molar-refractivity contribution in [1.82, 2.24) is 19.8 Å². The number of likely N-dealkylation sites (N-methyl/N-ethyl adjacent to an activating group) is 1. The standard InChI is InChI=1S/C28H26N4O3/c1-28-26(34-3)17(29-2)12-20(35-28)31-18-10-6-4-8-14(18)22-23-16(13-30-27(23)33)21-15-9-5-7-11-19(15)32(28)25(21)24(22)31/h4-11,17,20,26,29H,12-13H2,1-3H3,(H,30,33)/t17?,20?,26?,28-/m0/s1. The van der Waals surface area contributed by atoms with Crippen molar-refractivity contribution in [3.63, 3.8) is 0 Å². The number of benzene rings is 3. The van der Waals surface area contributed by atoms with Crippen LogP contribution in [-0.4, -0.2) is 41.3 Å². The van der Waals surface area contributed by atoms with E-state index in [1.165, 1.54) is 0 Å². The van der Waals surface area contributed by atoms with Gasteiger partial charge in [0.25, 0.3) is 5.91 Å². The Kier molecular flexibility index (Phi) is 3.65. The van der Waals surface area contributed by atoms with Crippen LogP contribution in [0, 0.1) is 0 Å². The number of nitrogens with zero attached hydrogens (tertiary/aromatic N) is 2. The molecule has 4 atom stereocenters. The smallest absolute Gasteiger partial charge is 0.252 e. The molecule has 0 radical (unpaired) electrons. The Balaban J connectivity index is 1.72. The minimum atomic E-state index is -0.760. The summed E-state index contributed by atoms with van der Waals surface area (Å²) in [5, 5.41) is 11.0. The predicted octanol–water partition coefficient (Wildman–Crippen LogP) is 4.35. The van der Waals surface area contributed by atoms with Crippen LogP contribution in [0.5, 0.6) is 0 Å². The maximum atomic E-state index is 13.3. The summed E-state index contributed by atoms with van der Waals surface area (Å²) in [6.07, 6.45) is 0.337.